The van der Waals surface area contributed by atoms with E-state index in [2.05, 4.69) is 15.6 Å². The summed E-state index contributed by atoms with van der Waals surface area (Å²) >= 11 is 7.07. The number of nitrogens with one attached hydrogen (secondary N) is 2. The second kappa shape index (κ2) is 9.40. The molecule has 0 spiro atoms. The van der Waals surface area contributed by atoms with Crippen molar-refractivity contribution in [1.82, 2.24) is 4.98 Å². The van der Waals surface area contributed by atoms with E-state index in [4.69, 9.17) is 21.1 Å². The van der Waals surface area contributed by atoms with Crippen molar-refractivity contribution in [1.29, 1.82) is 0 Å². The zero-order valence-corrected chi connectivity index (χ0v) is 17.3. The molecule has 150 valence electrons. The van der Waals surface area contributed by atoms with Crippen LogP contribution < -0.4 is 20.1 Å². The van der Waals surface area contributed by atoms with Crippen molar-refractivity contribution < 1.29 is 19.1 Å². The summed E-state index contributed by atoms with van der Waals surface area (Å²) in [6.45, 7) is 0. The molecule has 0 atom stereocenters. The summed E-state index contributed by atoms with van der Waals surface area (Å²) in [6.07, 6.45) is 0.0886. The van der Waals surface area contributed by atoms with Crippen LogP contribution in [0.3, 0.4) is 0 Å². The number of ether oxygens (including phenoxy) is 2. The zero-order chi connectivity index (χ0) is 20.8. The van der Waals surface area contributed by atoms with Gasteiger partial charge in [0.05, 0.1) is 26.3 Å². The smallest absolute Gasteiger partial charge is 0.257 e. The summed E-state index contributed by atoms with van der Waals surface area (Å²) in [5, 5.41) is 8.22. The highest BCUT2D eigenvalue weighted by Crippen LogP contribution is 2.28. The highest BCUT2D eigenvalue weighted by molar-refractivity contribution is 7.14. The van der Waals surface area contributed by atoms with Gasteiger partial charge in [0.2, 0.25) is 5.91 Å². The second-order valence-electron chi connectivity index (χ2n) is 5.90. The van der Waals surface area contributed by atoms with E-state index in [1.54, 1.807) is 47.8 Å². The maximum atomic E-state index is 12.5. The summed E-state index contributed by atoms with van der Waals surface area (Å²) in [5.74, 6) is 0.444. The molecule has 1 heterocycles. The van der Waals surface area contributed by atoms with Gasteiger partial charge >= 0.3 is 0 Å². The number of thiazole rings is 1. The number of halogens is 1. The van der Waals surface area contributed by atoms with Gasteiger partial charge in [-0.05, 0) is 42.5 Å². The largest absolute Gasteiger partial charge is 0.493 e. The Kier molecular flexibility index (Phi) is 6.69. The molecule has 0 aliphatic rings. The summed E-state index contributed by atoms with van der Waals surface area (Å²) in [5.41, 5.74) is 1.61. The molecular formula is C20H18ClN3O4S. The van der Waals surface area contributed by atoms with E-state index in [9.17, 15) is 9.59 Å². The molecule has 2 N–H and O–H groups in total. The molecule has 3 aromatic rings. The van der Waals surface area contributed by atoms with Gasteiger partial charge in [0.25, 0.3) is 5.91 Å². The molecule has 0 saturated carbocycles. The summed E-state index contributed by atoms with van der Waals surface area (Å²) in [6, 6.07) is 11.7. The number of carbonyl (C=O) groups is 2. The lowest BCUT2D eigenvalue weighted by molar-refractivity contribution is -0.115. The van der Waals surface area contributed by atoms with Crippen LogP contribution in [-0.2, 0) is 11.2 Å². The highest BCUT2D eigenvalue weighted by atomic mass is 35.5. The van der Waals surface area contributed by atoms with Gasteiger partial charge in [0.15, 0.2) is 16.6 Å². The van der Waals surface area contributed by atoms with Crippen LogP contribution in [0, 0.1) is 0 Å². The molecule has 2 aromatic carbocycles. The van der Waals surface area contributed by atoms with Gasteiger partial charge in [0, 0.05) is 21.7 Å². The molecule has 0 radical (unpaired) electrons. The molecule has 29 heavy (non-hydrogen) atoms. The van der Waals surface area contributed by atoms with E-state index >= 15 is 0 Å². The number of nitrogens with zero attached hydrogens (tertiary/aromatic N) is 1. The summed E-state index contributed by atoms with van der Waals surface area (Å²) in [7, 11) is 3.03. The van der Waals surface area contributed by atoms with E-state index in [0.717, 1.165) is 0 Å². The molecule has 3 rings (SSSR count). The SMILES string of the molecule is COc1ccc(C(=O)Nc2nc(CC(=O)Nc3ccc(Cl)cc3)cs2)cc1OC. The second-order valence-corrected chi connectivity index (χ2v) is 7.19. The van der Waals surface area contributed by atoms with E-state index in [-0.39, 0.29) is 18.2 Å². The monoisotopic (exact) mass is 431 g/mol. The average Bonchev–Trinajstić information content (AvgIpc) is 3.15. The van der Waals surface area contributed by atoms with Crippen molar-refractivity contribution in [2.24, 2.45) is 0 Å². The first-order chi connectivity index (χ1) is 14.0. The fourth-order valence-corrected chi connectivity index (χ4v) is 3.33. The lowest BCUT2D eigenvalue weighted by Gasteiger charge is -2.09. The summed E-state index contributed by atoms with van der Waals surface area (Å²) in [4.78, 5) is 28.9. The Morgan fingerprint density at radius 3 is 2.45 bits per heavy atom. The quantitative estimate of drug-likeness (QED) is 0.583. The molecule has 2 amide bonds. The van der Waals surface area contributed by atoms with Crippen molar-refractivity contribution >= 4 is 45.6 Å². The predicted octanol–water partition coefficient (Wildman–Crippen LogP) is 4.25. The third-order valence-electron chi connectivity index (χ3n) is 3.89. The van der Waals surface area contributed by atoms with Gasteiger partial charge in [-0.3, -0.25) is 14.9 Å². The number of methoxy groups -OCH3 is 2. The lowest BCUT2D eigenvalue weighted by Crippen LogP contribution is -2.15. The number of benzene rings is 2. The zero-order valence-electron chi connectivity index (χ0n) is 15.7. The normalized spacial score (nSPS) is 10.3. The standard InChI is InChI=1S/C20H18ClN3O4S/c1-27-16-8-3-12(9-17(16)28-2)19(26)24-20-23-15(11-29-20)10-18(25)22-14-6-4-13(21)5-7-14/h3-9,11H,10H2,1-2H3,(H,22,25)(H,23,24,26). The molecule has 0 aliphatic carbocycles. The molecule has 0 saturated heterocycles. The fourth-order valence-electron chi connectivity index (χ4n) is 2.50. The third-order valence-corrected chi connectivity index (χ3v) is 4.95. The van der Waals surface area contributed by atoms with E-state index in [1.807, 2.05) is 0 Å². The van der Waals surface area contributed by atoms with Gasteiger partial charge in [-0.2, -0.15) is 0 Å². The first kappa shape index (κ1) is 20.6. The fraction of sp³-hybridized carbons (Fsp3) is 0.150. The Morgan fingerprint density at radius 1 is 1.03 bits per heavy atom. The average molecular weight is 432 g/mol. The Hall–Kier alpha value is -3.10. The van der Waals surface area contributed by atoms with Crippen molar-refractivity contribution in [2.75, 3.05) is 24.9 Å². The van der Waals surface area contributed by atoms with Crippen molar-refractivity contribution in [3.8, 4) is 11.5 Å². The van der Waals surface area contributed by atoms with Crippen LogP contribution >= 0.6 is 22.9 Å². The molecule has 9 heteroatoms. The molecule has 1 aromatic heterocycles. The maximum Gasteiger partial charge on any atom is 0.257 e. The van der Waals surface area contributed by atoms with Crippen LogP contribution in [0.1, 0.15) is 16.1 Å². The third kappa shape index (κ3) is 5.46. The minimum absolute atomic E-state index is 0.0886. The van der Waals surface area contributed by atoms with E-state index in [1.165, 1.54) is 25.6 Å². The number of anilines is 2. The minimum atomic E-state index is -0.336. The molecule has 0 fully saturated rings. The van der Waals surface area contributed by atoms with E-state index in [0.29, 0.717) is 38.6 Å². The van der Waals surface area contributed by atoms with Crippen LogP contribution in [0.5, 0.6) is 11.5 Å². The van der Waals surface area contributed by atoms with Crippen molar-refractivity contribution in [3.63, 3.8) is 0 Å². The van der Waals surface area contributed by atoms with Crippen LogP contribution in [-0.4, -0.2) is 31.0 Å². The molecule has 7 nitrogen and oxygen atoms in total. The lowest BCUT2D eigenvalue weighted by atomic mass is 10.2. The molecular weight excluding hydrogens is 414 g/mol. The number of hydrogen-bond acceptors (Lipinski definition) is 6. The molecule has 0 bridgehead atoms. The van der Waals surface area contributed by atoms with Crippen LogP contribution in [0.25, 0.3) is 0 Å². The number of amides is 2. The van der Waals surface area contributed by atoms with E-state index < -0.39 is 0 Å². The van der Waals surface area contributed by atoms with Crippen LogP contribution in [0.2, 0.25) is 5.02 Å². The number of carbonyl (C=O) groups excluding carboxylic acids is 2. The van der Waals surface area contributed by atoms with Crippen molar-refractivity contribution in [2.45, 2.75) is 6.42 Å². The van der Waals surface area contributed by atoms with Gasteiger partial charge < -0.3 is 14.8 Å². The number of aromatic nitrogens is 1. The number of rotatable bonds is 7. The molecule has 0 unspecified atom stereocenters. The van der Waals surface area contributed by atoms with Gasteiger partial charge in [-0.25, -0.2) is 4.98 Å². The minimum Gasteiger partial charge on any atom is -0.493 e. The Morgan fingerprint density at radius 2 is 1.76 bits per heavy atom. The first-order valence-electron chi connectivity index (χ1n) is 8.51. The van der Waals surface area contributed by atoms with Crippen molar-refractivity contribution in [3.05, 3.63) is 64.1 Å². The maximum absolute atomic E-state index is 12.5. The van der Waals surface area contributed by atoms with Gasteiger partial charge in [-0.15, -0.1) is 11.3 Å². The van der Waals surface area contributed by atoms with Crippen LogP contribution in [0.15, 0.2) is 47.8 Å². The Bertz CT molecular complexity index is 1020. The number of hydrogen-bond donors (Lipinski definition) is 2. The Balaban J connectivity index is 1.60. The highest BCUT2D eigenvalue weighted by Gasteiger charge is 2.14. The van der Waals surface area contributed by atoms with Gasteiger partial charge in [0.1, 0.15) is 0 Å². The first-order valence-corrected chi connectivity index (χ1v) is 9.77. The topological polar surface area (TPSA) is 89.5 Å². The summed E-state index contributed by atoms with van der Waals surface area (Å²) < 4.78 is 10.4. The Labute approximate surface area is 176 Å². The molecule has 0 aliphatic heterocycles. The van der Waals surface area contributed by atoms with Gasteiger partial charge in [-0.1, -0.05) is 11.6 Å². The predicted molar refractivity (Wildman–Crippen MR) is 113 cm³/mol. The van der Waals surface area contributed by atoms with Crippen LogP contribution in [0.4, 0.5) is 10.8 Å².